The Morgan fingerprint density at radius 1 is 0.893 bits per heavy atom. The van der Waals surface area contributed by atoms with Crippen molar-refractivity contribution in [3.63, 3.8) is 0 Å². The molecule has 0 heterocycles. The number of ether oxygens (including phenoxy) is 2. The zero-order chi connectivity index (χ0) is 20.9. The predicted molar refractivity (Wildman–Crippen MR) is 109 cm³/mol. The van der Waals surface area contributed by atoms with Gasteiger partial charge in [0.05, 0.1) is 20.3 Å². The summed E-state index contributed by atoms with van der Waals surface area (Å²) < 4.78 is 10.6. The molecule has 1 unspecified atom stereocenters. The highest BCUT2D eigenvalue weighted by Crippen LogP contribution is 2.29. The quantitative estimate of drug-likeness (QED) is 0.796. The molecule has 6 nitrogen and oxygen atoms in total. The number of benzene rings is 2. The molecule has 0 aliphatic carbocycles. The average Bonchev–Trinajstić information content (AvgIpc) is 2.66. The van der Waals surface area contributed by atoms with E-state index < -0.39 is 0 Å². The summed E-state index contributed by atoms with van der Waals surface area (Å²) in [4.78, 5) is 24.8. The Morgan fingerprint density at radius 3 is 1.96 bits per heavy atom. The number of nitrogens with one attached hydrogen (secondary N) is 2. The zero-order valence-corrected chi connectivity index (χ0v) is 17.3. The molecular weight excluding hydrogens is 356 g/mol. The molecule has 6 heteroatoms. The Morgan fingerprint density at radius 2 is 1.46 bits per heavy atom. The van der Waals surface area contributed by atoms with Crippen molar-refractivity contribution in [3.05, 3.63) is 59.2 Å². The third kappa shape index (κ3) is 5.49. The molecule has 0 aliphatic heterocycles. The van der Waals surface area contributed by atoms with E-state index in [0.717, 1.165) is 5.56 Å². The van der Waals surface area contributed by atoms with Gasteiger partial charge in [-0.1, -0.05) is 0 Å². The van der Waals surface area contributed by atoms with Gasteiger partial charge in [0.1, 0.15) is 11.5 Å². The molecule has 0 saturated heterocycles. The number of rotatable bonds is 6. The van der Waals surface area contributed by atoms with Crippen LogP contribution in [0.4, 0.5) is 0 Å². The molecule has 1 atom stereocenters. The van der Waals surface area contributed by atoms with E-state index >= 15 is 0 Å². The summed E-state index contributed by atoms with van der Waals surface area (Å²) in [5.74, 6) is 0.947. The Balaban J connectivity index is 2.12. The maximum atomic E-state index is 12.6. The van der Waals surface area contributed by atoms with Gasteiger partial charge in [-0.25, -0.2) is 0 Å². The molecule has 0 radical (unpaired) electrons. The minimum absolute atomic E-state index is 0.172. The van der Waals surface area contributed by atoms with Gasteiger partial charge in [0, 0.05) is 22.2 Å². The van der Waals surface area contributed by atoms with Crippen LogP contribution in [-0.4, -0.2) is 31.6 Å². The van der Waals surface area contributed by atoms with Crippen molar-refractivity contribution in [3.8, 4) is 11.5 Å². The summed E-state index contributed by atoms with van der Waals surface area (Å²) in [5.41, 5.74) is 1.48. The highest BCUT2D eigenvalue weighted by Gasteiger charge is 2.18. The van der Waals surface area contributed by atoms with Crippen molar-refractivity contribution in [1.29, 1.82) is 0 Å². The lowest BCUT2D eigenvalue weighted by molar-refractivity contribution is 0.0913. The standard InChI is InChI=1S/C22H28N2O4/c1-14(18-13-17(27-5)11-12-19(18)28-6)23-20(25)15-7-9-16(10-8-15)21(26)24-22(2,3)4/h7-14H,1-6H3,(H,23,25)(H,24,26). The van der Waals surface area contributed by atoms with Gasteiger partial charge >= 0.3 is 0 Å². The van der Waals surface area contributed by atoms with Crippen LogP contribution < -0.4 is 20.1 Å². The van der Waals surface area contributed by atoms with Crippen LogP contribution in [0.15, 0.2) is 42.5 Å². The normalized spacial score (nSPS) is 12.1. The second kappa shape index (κ2) is 8.78. The molecule has 2 rings (SSSR count). The number of carbonyl (C=O) groups is 2. The molecule has 150 valence electrons. The first kappa shape index (κ1) is 21.3. The number of amides is 2. The molecule has 2 N–H and O–H groups in total. The van der Waals surface area contributed by atoms with Gasteiger partial charge in [0.25, 0.3) is 11.8 Å². The zero-order valence-electron chi connectivity index (χ0n) is 17.3. The number of carbonyl (C=O) groups excluding carboxylic acids is 2. The molecule has 28 heavy (non-hydrogen) atoms. The molecule has 0 bridgehead atoms. The molecule has 0 saturated carbocycles. The van der Waals surface area contributed by atoms with Gasteiger partial charge in [-0.15, -0.1) is 0 Å². The van der Waals surface area contributed by atoms with E-state index in [0.29, 0.717) is 22.6 Å². The first-order valence-electron chi connectivity index (χ1n) is 9.10. The summed E-state index contributed by atoms with van der Waals surface area (Å²) in [6.07, 6.45) is 0. The Kier molecular flexibility index (Phi) is 6.67. The fraction of sp³-hybridized carbons (Fsp3) is 0.364. The minimum atomic E-state index is -0.321. The molecule has 0 fully saturated rings. The summed E-state index contributed by atoms with van der Waals surface area (Å²) in [6.45, 7) is 7.63. The fourth-order valence-electron chi connectivity index (χ4n) is 2.72. The average molecular weight is 384 g/mol. The Labute approximate surface area is 166 Å². The topological polar surface area (TPSA) is 76.7 Å². The number of methoxy groups -OCH3 is 2. The third-order valence-corrected chi connectivity index (χ3v) is 4.15. The van der Waals surface area contributed by atoms with Crippen molar-refractivity contribution < 1.29 is 19.1 Å². The van der Waals surface area contributed by atoms with Crippen molar-refractivity contribution in [1.82, 2.24) is 10.6 Å². The van der Waals surface area contributed by atoms with Crippen LogP contribution in [0.2, 0.25) is 0 Å². The minimum Gasteiger partial charge on any atom is -0.497 e. The first-order chi connectivity index (χ1) is 13.1. The van der Waals surface area contributed by atoms with Gasteiger partial charge in [0.15, 0.2) is 0 Å². The predicted octanol–water partition coefficient (Wildman–Crippen LogP) is 3.72. The molecule has 2 aromatic rings. The highest BCUT2D eigenvalue weighted by atomic mass is 16.5. The first-order valence-corrected chi connectivity index (χ1v) is 9.10. The van der Waals surface area contributed by atoms with Crippen LogP contribution in [0, 0.1) is 0 Å². The van der Waals surface area contributed by atoms with Gasteiger partial charge in [0.2, 0.25) is 0 Å². The van der Waals surface area contributed by atoms with Crippen molar-refractivity contribution in [2.24, 2.45) is 0 Å². The molecule has 2 aromatic carbocycles. The van der Waals surface area contributed by atoms with E-state index in [1.165, 1.54) is 0 Å². The van der Waals surface area contributed by atoms with E-state index in [1.54, 1.807) is 50.6 Å². The lowest BCUT2D eigenvalue weighted by Crippen LogP contribution is -2.40. The molecule has 0 aliphatic rings. The summed E-state index contributed by atoms with van der Waals surface area (Å²) in [6, 6.07) is 11.7. The maximum absolute atomic E-state index is 12.6. The molecule has 0 aromatic heterocycles. The van der Waals surface area contributed by atoms with Crippen LogP contribution >= 0.6 is 0 Å². The van der Waals surface area contributed by atoms with Crippen molar-refractivity contribution >= 4 is 11.8 Å². The smallest absolute Gasteiger partial charge is 0.251 e. The number of hydrogen-bond acceptors (Lipinski definition) is 4. The third-order valence-electron chi connectivity index (χ3n) is 4.15. The second-order valence-electron chi connectivity index (χ2n) is 7.58. The van der Waals surface area contributed by atoms with Crippen LogP contribution in [0.3, 0.4) is 0 Å². The molecule has 2 amide bonds. The van der Waals surface area contributed by atoms with Crippen LogP contribution in [0.25, 0.3) is 0 Å². The maximum Gasteiger partial charge on any atom is 0.251 e. The van der Waals surface area contributed by atoms with Crippen LogP contribution in [0.1, 0.15) is 60.0 Å². The van der Waals surface area contributed by atoms with Crippen molar-refractivity contribution in [2.45, 2.75) is 39.3 Å². The van der Waals surface area contributed by atoms with Gasteiger partial charge in [-0.3, -0.25) is 9.59 Å². The van der Waals surface area contributed by atoms with E-state index in [2.05, 4.69) is 10.6 Å². The lowest BCUT2D eigenvalue weighted by atomic mass is 10.0. The monoisotopic (exact) mass is 384 g/mol. The summed E-state index contributed by atoms with van der Waals surface area (Å²) in [5, 5.41) is 5.85. The second-order valence-corrected chi connectivity index (χ2v) is 7.58. The van der Waals surface area contributed by atoms with E-state index in [1.807, 2.05) is 33.8 Å². The number of hydrogen-bond donors (Lipinski definition) is 2. The largest absolute Gasteiger partial charge is 0.497 e. The van der Waals surface area contributed by atoms with E-state index in [-0.39, 0.29) is 23.4 Å². The van der Waals surface area contributed by atoms with Gasteiger partial charge in [-0.2, -0.15) is 0 Å². The van der Waals surface area contributed by atoms with Gasteiger partial charge in [-0.05, 0) is 70.2 Å². The van der Waals surface area contributed by atoms with Crippen LogP contribution in [0.5, 0.6) is 11.5 Å². The Bertz CT molecular complexity index is 839. The van der Waals surface area contributed by atoms with Crippen LogP contribution in [-0.2, 0) is 0 Å². The summed E-state index contributed by atoms with van der Waals surface area (Å²) >= 11 is 0. The van der Waals surface area contributed by atoms with Gasteiger partial charge < -0.3 is 20.1 Å². The Hall–Kier alpha value is -3.02. The SMILES string of the molecule is COc1ccc(OC)c(C(C)NC(=O)c2ccc(C(=O)NC(C)(C)C)cc2)c1. The fourth-order valence-corrected chi connectivity index (χ4v) is 2.72. The molecular formula is C22H28N2O4. The van der Waals surface area contributed by atoms with E-state index in [9.17, 15) is 9.59 Å². The highest BCUT2D eigenvalue weighted by molar-refractivity contribution is 5.98. The lowest BCUT2D eigenvalue weighted by Gasteiger charge is -2.20. The van der Waals surface area contributed by atoms with Crippen molar-refractivity contribution in [2.75, 3.05) is 14.2 Å². The summed E-state index contributed by atoms with van der Waals surface area (Å²) in [7, 11) is 3.17. The molecule has 0 spiro atoms. The van der Waals surface area contributed by atoms with E-state index in [4.69, 9.17) is 9.47 Å².